The Hall–Kier alpha value is -3.44. The quantitative estimate of drug-likeness (QED) is 0.370. The normalized spacial score (nSPS) is 14.8. The van der Waals surface area contributed by atoms with E-state index in [1.165, 1.54) is 6.20 Å². The minimum Gasteiger partial charge on any atom is -0.457 e. The van der Waals surface area contributed by atoms with Crippen LogP contribution in [0.4, 0.5) is 0 Å². The van der Waals surface area contributed by atoms with Crippen LogP contribution in [-0.4, -0.2) is 16.9 Å². The Kier molecular flexibility index (Phi) is 4.68. The second-order valence-electron chi connectivity index (χ2n) is 5.69. The van der Waals surface area contributed by atoms with Crippen LogP contribution >= 0.6 is 11.6 Å². The summed E-state index contributed by atoms with van der Waals surface area (Å²) >= 11 is 5.87. The molecule has 0 amide bonds. The Morgan fingerprint density at radius 3 is 2.59 bits per heavy atom. The van der Waals surface area contributed by atoms with E-state index in [1.54, 1.807) is 18.2 Å². The average molecular weight is 377 g/mol. The molecule has 3 aromatic rings. The van der Waals surface area contributed by atoms with Crippen LogP contribution < -0.4 is 4.74 Å². The summed E-state index contributed by atoms with van der Waals surface area (Å²) in [6.45, 7) is 0. The van der Waals surface area contributed by atoms with Crippen LogP contribution in [0.25, 0.3) is 6.08 Å². The van der Waals surface area contributed by atoms with E-state index in [4.69, 9.17) is 21.1 Å². The van der Waals surface area contributed by atoms with Crippen LogP contribution in [0.5, 0.6) is 11.5 Å². The number of halogens is 1. The third-order valence-corrected chi connectivity index (χ3v) is 3.94. The maximum Gasteiger partial charge on any atom is 0.363 e. The topological polar surface area (TPSA) is 60.8 Å². The lowest BCUT2D eigenvalue weighted by Crippen LogP contribution is -2.05. The number of nitrogens with zero attached hydrogens (tertiary/aromatic N) is 2. The van der Waals surface area contributed by atoms with Crippen LogP contribution in [0.2, 0.25) is 5.15 Å². The fourth-order valence-corrected chi connectivity index (χ4v) is 2.69. The molecule has 0 fully saturated rings. The summed E-state index contributed by atoms with van der Waals surface area (Å²) in [6, 6.07) is 20.1. The minimum absolute atomic E-state index is 0.201. The summed E-state index contributed by atoms with van der Waals surface area (Å²) in [5.74, 6) is 1.07. The molecule has 1 aliphatic heterocycles. The molecular formula is C21H13ClN2O3. The van der Waals surface area contributed by atoms with Crippen molar-refractivity contribution in [1.82, 2.24) is 4.98 Å². The molecule has 0 saturated carbocycles. The van der Waals surface area contributed by atoms with Crippen LogP contribution in [-0.2, 0) is 9.53 Å². The third kappa shape index (κ3) is 4.04. The highest BCUT2D eigenvalue weighted by Crippen LogP contribution is 2.25. The van der Waals surface area contributed by atoms with Gasteiger partial charge in [0.05, 0.1) is 0 Å². The SMILES string of the molecule is O=C1OC(c2ccnc(Cl)c2)=NC1=Cc1cccc(Oc2ccccc2)c1. The molecule has 2 aromatic carbocycles. The number of ether oxygens (including phenoxy) is 2. The number of aromatic nitrogens is 1. The molecule has 6 heteroatoms. The number of rotatable bonds is 4. The van der Waals surface area contributed by atoms with Crippen LogP contribution in [0.15, 0.2) is 83.6 Å². The Bertz CT molecular complexity index is 1060. The third-order valence-electron chi connectivity index (χ3n) is 3.73. The smallest absolute Gasteiger partial charge is 0.363 e. The molecule has 0 radical (unpaired) electrons. The van der Waals surface area contributed by atoms with E-state index in [9.17, 15) is 4.79 Å². The Labute approximate surface area is 160 Å². The Balaban J connectivity index is 1.59. The van der Waals surface area contributed by atoms with Gasteiger partial charge in [-0.05, 0) is 48.0 Å². The molecule has 1 aromatic heterocycles. The summed E-state index contributed by atoms with van der Waals surface area (Å²) in [4.78, 5) is 20.3. The number of pyridine rings is 1. The van der Waals surface area contributed by atoms with Gasteiger partial charge in [-0.25, -0.2) is 14.8 Å². The number of carbonyl (C=O) groups is 1. The summed E-state index contributed by atoms with van der Waals surface area (Å²) in [5, 5.41) is 0.300. The molecule has 0 saturated heterocycles. The van der Waals surface area contributed by atoms with E-state index in [-0.39, 0.29) is 11.6 Å². The van der Waals surface area contributed by atoms with Crippen molar-refractivity contribution in [1.29, 1.82) is 0 Å². The second-order valence-corrected chi connectivity index (χ2v) is 6.08. The monoisotopic (exact) mass is 376 g/mol. The van der Waals surface area contributed by atoms with E-state index in [0.29, 0.717) is 16.5 Å². The first-order valence-corrected chi connectivity index (χ1v) is 8.53. The second kappa shape index (κ2) is 7.43. The van der Waals surface area contributed by atoms with Gasteiger partial charge in [-0.2, -0.15) is 0 Å². The van der Waals surface area contributed by atoms with Gasteiger partial charge < -0.3 is 9.47 Å². The summed E-state index contributed by atoms with van der Waals surface area (Å²) in [7, 11) is 0. The number of hydrogen-bond acceptors (Lipinski definition) is 5. The van der Waals surface area contributed by atoms with Crippen molar-refractivity contribution in [3.8, 4) is 11.5 Å². The molecule has 0 N–H and O–H groups in total. The van der Waals surface area contributed by atoms with Crippen molar-refractivity contribution < 1.29 is 14.3 Å². The lowest BCUT2D eigenvalue weighted by molar-refractivity contribution is -0.129. The van der Waals surface area contributed by atoms with E-state index < -0.39 is 5.97 Å². The van der Waals surface area contributed by atoms with Crippen molar-refractivity contribution in [2.45, 2.75) is 0 Å². The van der Waals surface area contributed by atoms with E-state index >= 15 is 0 Å². The van der Waals surface area contributed by atoms with E-state index in [2.05, 4.69) is 9.98 Å². The molecule has 0 spiro atoms. The molecular weight excluding hydrogens is 364 g/mol. The van der Waals surface area contributed by atoms with E-state index in [0.717, 1.165) is 11.3 Å². The van der Waals surface area contributed by atoms with Gasteiger partial charge in [0.2, 0.25) is 5.90 Å². The van der Waals surface area contributed by atoms with Crippen LogP contribution in [0.3, 0.4) is 0 Å². The van der Waals surface area contributed by atoms with Gasteiger partial charge >= 0.3 is 5.97 Å². The van der Waals surface area contributed by atoms with Gasteiger partial charge in [0, 0.05) is 11.8 Å². The number of aliphatic imine (C=N–C) groups is 1. The van der Waals surface area contributed by atoms with Gasteiger partial charge in [0.25, 0.3) is 0 Å². The summed E-state index contributed by atoms with van der Waals surface area (Å²) in [6.07, 6.45) is 3.18. The molecule has 0 atom stereocenters. The number of cyclic esters (lactones) is 1. The number of hydrogen-bond donors (Lipinski definition) is 0. The van der Waals surface area contributed by atoms with Gasteiger partial charge in [0.1, 0.15) is 16.7 Å². The first kappa shape index (κ1) is 17.0. The molecule has 132 valence electrons. The molecule has 0 aliphatic carbocycles. The number of esters is 1. The average Bonchev–Trinajstić information content (AvgIpc) is 3.03. The van der Waals surface area contributed by atoms with Gasteiger partial charge in [0.15, 0.2) is 5.70 Å². The van der Waals surface area contributed by atoms with Crippen LogP contribution in [0.1, 0.15) is 11.1 Å². The van der Waals surface area contributed by atoms with E-state index in [1.807, 2.05) is 54.6 Å². The molecule has 0 unspecified atom stereocenters. The maximum atomic E-state index is 12.1. The number of benzene rings is 2. The zero-order valence-electron chi connectivity index (χ0n) is 14.0. The first-order chi connectivity index (χ1) is 13.2. The largest absolute Gasteiger partial charge is 0.457 e. The maximum absolute atomic E-state index is 12.1. The lowest BCUT2D eigenvalue weighted by atomic mass is 10.2. The lowest BCUT2D eigenvalue weighted by Gasteiger charge is -2.05. The molecule has 4 rings (SSSR count). The summed E-state index contributed by atoms with van der Waals surface area (Å²) < 4.78 is 11.0. The summed E-state index contributed by atoms with van der Waals surface area (Å²) in [5.41, 5.74) is 1.57. The zero-order valence-corrected chi connectivity index (χ0v) is 14.8. The highest BCUT2D eigenvalue weighted by Gasteiger charge is 2.24. The molecule has 2 heterocycles. The predicted octanol–water partition coefficient (Wildman–Crippen LogP) is 4.87. The van der Waals surface area contributed by atoms with Crippen LogP contribution in [0, 0.1) is 0 Å². The molecule has 27 heavy (non-hydrogen) atoms. The Morgan fingerprint density at radius 1 is 0.963 bits per heavy atom. The van der Waals surface area contributed by atoms with Crippen molar-refractivity contribution in [2.24, 2.45) is 4.99 Å². The van der Waals surface area contributed by atoms with Crippen molar-refractivity contribution in [3.63, 3.8) is 0 Å². The number of para-hydroxylation sites is 1. The highest BCUT2D eigenvalue weighted by atomic mass is 35.5. The first-order valence-electron chi connectivity index (χ1n) is 8.15. The van der Waals surface area contributed by atoms with Gasteiger partial charge in [-0.1, -0.05) is 41.9 Å². The fourth-order valence-electron chi connectivity index (χ4n) is 2.52. The predicted molar refractivity (Wildman–Crippen MR) is 103 cm³/mol. The van der Waals surface area contributed by atoms with Gasteiger partial charge in [-0.15, -0.1) is 0 Å². The molecule has 0 bridgehead atoms. The van der Waals surface area contributed by atoms with Crippen molar-refractivity contribution in [2.75, 3.05) is 0 Å². The number of carbonyl (C=O) groups excluding carboxylic acids is 1. The zero-order chi connectivity index (χ0) is 18.6. The molecule has 5 nitrogen and oxygen atoms in total. The standard InChI is InChI=1S/C21H13ClN2O3/c22-19-13-15(9-10-23-19)20-24-18(21(25)27-20)12-14-5-4-8-17(11-14)26-16-6-2-1-3-7-16/h1-13H. The fraction of sp³-hybridized carbons (Fsp3) is 0. The Morgan fingerprint density at radius 2 is 1.78 bits per heavy atom. The van der Waals surface area contributed by atoms with Crippen molar-refractivity contribution >= 4 is 29.5 Å². The highest BCUT2D eigenvalue weighted by molar-refractivity contribution is 6.29. The minimum atomic E-state index is -0.521. The molecule has 1 aliphatic rings. The van der Waals surface area contributed by atoms with Crippen molar-refractivity contribution in [3.05, 3.63) is 94.9 Å². The van der Waals surface area contributed by atoms with Gasteiger partial charge in [-0.3, -0.25) is 0 Å².